The second kappa shape index (κ2) is 6.76. The molecule has 3 nitrogen and oxygen atoms in total. The molecule has 2 unspecified atom stereocenters. The molecule has 1 N–H and O–H groups in total. The van der Waals surface area contributed by atoms with E-state index < -0.39 is 0 Å². The van der Waals surface area contributed by atoms with Gasteiger partial charge in [0.25, 0.3) is 0 Å². The monoisotopic (exact) mass is 281 g/mol. The zero-order chi connectivity index (χ0) is 13.8. The smallest absolute Gasteiger partial charge is 0.0710 e. The van der Waals surface area contributed by atoms with E-state index in [1.54, 1.807) is 0 Å². The third-order valence-electron chi connectivity index (χ3n) is 5.74. The first-order chi connectivity index (χ1) is 9.81. The lowest BCUT2D eigenvalue weighted by molar-refractivity contribution is -0.0729. The largest absolute Gasteiger partial charge is 0.396 e. The highest BCUT2D eigenvalue weighted by molar-refractivity contribution is 4.93. The van der Waals surface area contributed by atoms with Crippen LogP contribution in [0.15, 0.2) is 0 Å². The van der Waals surface area contributed by atoms with Gasteiger partial charge in [-0.2, -0.15) is 0 Å². The number of aliphatic hydroxyl groups is 1. The molecule has 116 valence electrons. The van der Waals surface area contributed by atoms with Crippen LogP contribution in [0.1, 0.15) is 70.6 Å². The Morgan fingerprint density at radius 3 is 2.70 bits per heavy atom. The van der Waals surface area contributed by atoms with Gasteiger partial charge in [-0.25, -0.2) is 0 Å². The Labute approximate surface area is 123 Å². The van der Waals surface area contributed by atoms with Crippen molar-refractivity contribution in [3.8, 4) is 0 Å². The van der Waals surface area contributed by atoms with Gasteiger partial charge in [0.15, 0.2) is 0 Å². The van der Waals surface area contributed by atoms with Crippen LogP contribution in [-0.4, -0.2) is 47.4 Å². The average Bonchev–Trinajstić information content (AvgIpc) is 3.06. The highest BCUT2D eigenvalue weighted by Gasteiger charge is 2.41. The van der Waals surface area contributed by atoms with E-state index in [-0.39, 0.29) is 5.60 Å². The molecule has 3 fully saturated rings. The summed E-state index contributed by atoms with van der Waals surface area (Å²) in [5.41, 5.74) is 0.267. The number of nitrogens with zero attached hydrogens (tertiary/aromatic N) is 1. The SMILES string of the molecule is OCCCC1CCCN1CC1CCC2(CCCCC2)O1. The lowest BCUT2D eigenvalue weighted by Gasteiger charge is -2.34. The first kappa shape index (κ1) is 14.8. The van der Waals surface area contributed by atoms with Crippen LogP contribution in [0.25, 0.3) is 0 Å². The van der Waals surface area contributed by atoms with E-state index in [2.05, 4.69) is 4.90 Å². The molecule has 0 amide bonds. The molecule has 1 saturated carbocycles. The predicted octanol–water partition coefficient (Wildman–Crippen LogP) is 3.11. The zero-order valence-corrected chi connectivity index (χ0v) is 12.9. The summed E-state index contributed by atoms with van der Waals surface area (Å²) in [6.45, 7) is 2.72. The van der Waals surface area contributed by atoms with E-state index in [1.807, 2.05) is 0 Å². The van der Waals surface area contributed by atoms with Crippen molar-refractivity contribution >= 4 is 0 Å². The molecule has 1 aliphatic carbocycles. The Morgan fingerprint density at radius 1 is 1.05 bits per heavy atom. The zero-order valence-electron chi connectivity index (χ0n) is 12.9. The van der Waals surface area contributed by atoms with Crippen molar-refractivity contribution in [2.24, 2.45) is 0 Å². The predicted molar refractivity (Wildman–Crippen MR) is 80.8 cm³/mol. The summed E-state index contributed by atoms with van der Waals surface area (Å²) in [4.78, 5) is 2.64. The topological polar surface area (TPSA) is 32.7 Å². The minimum absolute atomic E-state index is 0.267. The Bertz CT molecular complexity index is 301. The molecule has 3 heteroatoms. The summed E-state index contributed by atoms with van der Waals surface area (Å²) in [6, 6.07) is 0.702. The maximum absolute atomic E-state index is 9.02. The Morgan fingerprint density at radius 2 is 1.90 bits per heavy atom. The quantitative estimate of drug-likeness (QED) is 0.840. The third-order valence-corrected chi connectivity index (χ3v) is 5.74. The fourth-order valence-corrected chi connectivity index (χ4v) is 4.64. The van der Waals surface area contributed by atoms with Gasteiger partial charge in [-0.3, -0.25) is 4.90 Å². The molecular formula is C17H31NO2. The van der Waals surface area contributed by atoms with E-state index in [1.165, 1.54) is 64.3 Å². The maximum Gasteiger partial charge on any atom is 0.0710 e. The van der Waals surface area contributed by atoms with Crippen molar-refractivity contribution < 1.29 is 9.84 Å². The van der Waals surface area contributed by atoms with Crippen LogP contribution in [0, 0.1) is 0 Å². The molecule has 0 aromatic carbocycles. The number of hydrogen-bond acceptors (Lipinski definition) is 3. The molecule has 0 bridgehead atoms. The van der Waals surface area contributed by atoms with Gasteiger partial charge in [0.1, 0.15) is 0 Å². The Hall–Kier alpha value is -0.120. The lowest BCUT2D eigenvalue weighted by Crippen LogP contribution is -2.38. The van der Waals surface area contributed by atoms with Crippen molar-refractivity contribution in [3.05, 3.63) is 0 Å². The lowest BCUT2D eigenvalue weighted by atomic mass is 9.83. The molecule has 3 rings (SSSR count). The van der Waals surface area contributed by atoms with Crippen LogP contribution >= 0.6 is 0 Å². The number of likely N-dealkylation sites (tertiary alicyclic amines) is 1. The number of ether oxygens (including phenoxy) is 1. The van der Waals surface area contributed by atoms with Crippen LogP contribution in [0.3, 0.4) is 0 Å². The third kappa shape index (κ3) is 3.37. The van der Waals surface area contributed by atoms with Gasteiger partial charge in [-0.1, -0.05) is 19.3 Å². The molecule has 3 aliphatic rings. The fraction of sp³-hybridized carbons (Fsp3) is 1.00. The summed E-state index contributed by atoms with van der Waals surface area (Å²) < 4.78 is 6.51. The molecule has 2 aliphatic heterocycles. The molecule has 2 saturated heterocycles. The van der Waals surface area contributed by atoms with Gasteiger partial charge in [0.2, 0.25) is 0 Å². The molecule has 1 spiro atoms. The minimum atomic E-state index is 0.267. The summed E-state index contributed by atoms with van der Waals surface area (Å²) in [7, 11) is 0. The van der Waals surface area contributed by atoms with Gasteiger partial charge in [0.05, 0.1) is 11.7 Å². The van der Waals surface area contributed by atoms with E-state index in [0.29, 0.717) is 18.8 Å². The van der Waals surface area contributed by atoms with Crippen molar-refractivity contribution in [2.45, 2.75) is 88.4 Å². The molecule has 0 aromatic heterocycles. The molecular weight excluding hydrogens is 250 g/mol. The van der Waals surface area contributed by atoms with Crippen molar-refractivity contribution in [3.63, 3.8) is 0 Å². The number of rotatable bonds is 5. The van der Waals surface area contributed by atoms with E-state index in [0.717, 1.165) is 19.4 Å². The van der Waals surface area contributed by atoms with Gasteiger partial charge in [-0.05, 0) is 57.9 Å². The highest BCUT2D eigenvalue weighted by atomic mass is 16.5. The van der Waals surface area contributed by atoms with Crippen LogP contribution in [0.4, 0.5) is 0 Å². The van der Waals surface area contributed by atoms with E-state index >= 15 is 0 Å². The molecule has 0 radical (unpaired) electrons. The van der Waals surface area contributed by atoms with Gasteiger partial charge in [-0.15, -0.1) is 0 Å². The Balaban J connectivity index is 1.48. The summed E-state index contributed by atoms with van der Waals surface area (Å²) in [6.07, 6.45) is 14.6. The standard InChI is InChI=1S/C17H31NO2/c19-13-5-7-15-6-4-12-18(15)14-16-8-11-17(20-16)9-2-1-3-10-17/h15-16,19H,1-14H2. The van der Waals surface area contributed by atoms with Gasteiger partial charge >= 0.3 is 0 Å². The number of hydrogen-bond donors (Lipinski definition) is 1. The van der Waals surface area contributed by atoms with E-state index in [4.69, 9.17) is 9.84 Å². The van der Waals surface area contributed by atoms with Gasteiger partial charge < -0.3 is 9.84 Å². The molecule has 2 atom stereocenters. The van der Waals surface area contributed by atoms with Crippen LogP contribution < -0.4 is 0 Å². The summed E-state index contributed by atoms with van der Waals surface area (Å²) in [5, 5.41) is 9.02. The Kier molecular flexibility index (Phi) is 5.00. The summed E-state index contributed by atoms with van der Waals surface area (Å²) in [5.74, 6) is 0. The van der Waals surface area contributed by atoms with E-state index in [9.17, 15) is 0 Å². The van der Waals surface area contributed by atoms with Crippen LogP contribution in [-0.2, 0) is 4.74 Å². The molecule has 0 aromatic rings. The van der Waals surface area contributed by atoms with Gasteiger partial charge in [0, 0.05) is 19.2 Å². The average molecular weight is 281 g/mol. The first-order valence-corrected chi connectivity index (χ1v) is 8.84. The molecule has 20 heavy (non-hydrogen) atoms. The normalized spacial score (nSPS) is 34.0. The highest BCUT2D eigenvalue weighted by Crippen LogP contribution is 2.42. The van der Waals surface area contributed by atoms with Crippen molar-refractivity contribution in [2.75, 3.05) is 19.7 Å². The van der Waals surface area contributed by atoms with Crippen LogP contribution in [0.5, 0.6) is 0 Å². The van der Waals surface area contributed by atoms with Crippen LogP contribution in [0.2, 0.25) is 0 Å². The minimum Gasteiger partial charge on any atom is -0.396 e. The maximum atomic E-state index is 9.02. The summed E-state index contributed by atoms with van der Waals surface area (Å²) >= 11 is 0. The number of aliphatic hydroxyl groups excluding tert-OH is 1. The second-order valence-electron chi connectivity index (χ2n) is 7.18. The first-order valence-electron chi connectivity index (χ1n) is 8.84. The fourth-order valence-electron chi connectivity index (χ4n) is 4.64. The molecule has 2 heterocycles. The van der Waals surface area contributed by atoms with Crippen molar-refractivity contribution in [1.82, 2.24) is 4.90 Å². The van der Waals surface area contributed by atoms with Crippen molar-refractivity contribution in [1.29, 1.82) is 0 Å². The second-order valence-corrected chi connectivity index (χ2v) is 7.18.